The van der Waals surface area contributed by atoms with E-state index in [1.54, 1.807) is 0 Å². The van der Waals surface area contributed by atoms with Gasteiger partial charge in [0.2, 0.25) is 0 Å². The highest BCUT2D eigenvalue weighted by Gasteiger charge is 2.19. The second kappa shape index (κ2) is 59.3. The van der Waals surface area contributed by atoms with Gasteiger partial charge in [0.25, 0.3) is 0 Å². The third kappa shape index (κ3) is 57.5. The van der Waals surface area contributed by atoms with Gasteiger partial charge in [0.05, 0.1) is 0 Å². The van der Waals surface area contributed by atoms with E-state index < -0.39 is 6.10 Å². The van der Waals surface area contributed by atoms with Gasteiger partial charge in [-0.05, 0) is 25.2 Å². The predicted molar refractivity (Wildman–Crippen MR) is 307 cm³/mol. The zero-order valence-electron chi connectivity index (χ0n) is 48.7. The lowest BCUT2D eigenvalue weighted by molar-refractivity contribution is -0.167. The van der Waals surface area contributed by atoms with E-state index in [0.29, 0.717) is 19.3 Å². The molecular weight excluding hydrogens is 877 g/mol. The molecule has 71 heavy (non-hydrogen) atoms. The first kappa shape index (κ1) is 69.4. The number of unbranched alkanes of at least 4 members (excludes halogenated alkanes) is 46. The van der Waals surface area contributed by atoms with Crippen LogP contribution in [0.3, 0.4) is 0 Å². The van der Waals surface area contributed by atoms with Crippen molar-refractivity contribution >= 4 is 17.9 Å². The van der Waals surface area contributed by atoms with Crippen molar-refractivity contribution < 1.29 is 28.6 Å². The summed E-state index contributed by atoms with van der Waals surface area (Å²) in [6.45, 7) is 9.13. The number of carbonyl (C=O) groups excluding carboxylic acids is 3. The zero-order valence-corrected chi connectivity index (χ0v) is 48.7. The summed E-state index contributed by atoms with van der Waals surface area (Å²) in [4.78, 5) is 38.3. The van der Waals surface area contributed by atoms with Crippen LogP contribution in [0.1, 0.15) is 374 Å². The molecule has 0 fully saturated rings. The van der Waals surface area contributed by atoms with Gasteiger partial charge < -0.3 is 14.2 Å². The van der Waals surface area contributed by atoms with Crippen molar-refractivity contribution in [3.05, 3.63) is 0 Å². The summed E-state index contributed by atoms with van der Waals surface area (Å²) in [6.07, 6.45) is 66.7. The molecule has 6 nitrogen and oxygen atoms in total. The van der Waals surface area contributed by atoms with Gasteiger partial charge in [0, 0.05) is 19.3 Å². The van der Waals surface area contributed by atoms with E-state index in [4.69, 9.17) is 14.2 Å². The summed E-state index contributed by atoms with van der Waals surface area (Å²) >= 11 is 0. The molecule has 0 bridgehead atoms. The highest BCUT2D eigenvalue weighted by molar-refractivity contribution is 5.71. The Labute approximate surface area is 444 Å². The first-order valence-electron chi connectivity index (χ1n) is 32.4. The fraction of sp³-hybridized carbons (Fsp3) is 0.954. The van der Waals surface area contributed by atoms with E-state index in [9.17, 15) is 14.4 Å². The van der Waals surface area contributed by atoms with Crippen molar-refractivity contribution in [2.45, 2.75) is 381 Å². The number of hydrogen-bond donors (Lipinski definition) is 0. The van der Waals surface area contributed by atoms with E-state index in [1.165, 1.54) is 270 Å². The molecular formula is C65H126O6. The second-order valence-corrected chi connectivity index (χ2v) is 22.6. The molecule has 0 amide bonds. The second-order valence-electron chi connectivity index (χ2n) is 22.6. The Morgan fingerprint density at radius 1 is 0.282 bits per heavy atom. The maximum atomic E-state index is 12.9. The van der Waals surface area contributed by atoms with Gasteiger partial charge in [-0.1, -0.05) is 336 Å². The monoisotopic (exact) mass is 1000 g/mol. The molecule has 0 saturated carbocycles. The standard InChI is InChI=1S/C65H126O6/c1-5-8-10-12-14-16-18-20-22-24-25-26-28-32-36-40-44-48-52-56-63(66)69-59-62(71-65(68)58-54-50-46-42-38-34-27-23-21-19-17-15-13-11-9-6-2)60-70-64(67)57-53-49-45-41-37-33-30-29-31-35-39-43-47-51-55-61(4)7-3/h61-62H,5-60H2,1-4H3/t61?,62-/m1/s1. The Morgan fingerprint density at radius 2 is 0.493 bits per heavy atom. The van der Waals surface area contributed by atoms with Crippen LogP contribution in [0.2, 0.25) is 0 Å². The van der Waals surface area contributed by atoms with Gasteiger partial charge in [-0.25, -0.2) is 0 Å². The quantitative estimate of drug-likeness (QED) is 0.0343. The van der Waals surface area contributed by atoms with Gasteiger partial charge in [0.1, 0.15) is 13.2 Å². The van der Waals surface area contributed by atoms with Crippen LogP contribution in [0.25, 0.3) is 0 Å². The number of esters is 3. The summed E-state index contributed by atoms with van der Waals surface area (Å²) in [5.41, 5.74) is 0. The average Bonchev–Trinajstić information content (AvgIpc) is 3.37. The Balaban J connectivity index is 4.28. The van der Waals surface area contributed by atoms with E-state index >= 15 is 0 Å². The molecule has 0 spiro atoms. The third-order valence-corrected chi connectivity index (χ3v) is 15.4. The molecule has 6 heteroatoms. The molecule has 0 N–H and O–H groups in total. The molecule has 0 aliphatic heterocycles. The first-order chi connectivity index (χ1) is 34.9. The van der Waals surface area contributed by atoms with Crippen molar-refractivity contribution in [2.75, 3.05) is 13.2 Å². The minimum absolute atomic E-state index is 0.0611. The molecule has 0 aliphatic carbocycles. The molecule has 0 aromatic rings. The number of rotatable bonds is 60. The topological polar surface area (TPSA) is 78.9 Å². The molecule has 422 valence electrons. The summed E-state index contributed by atoms with van der Waals surface area (Å²) in [5, 5.41) is 0. The van der Waals surface area contributed by atoms with Crippen LogP contribution in [0.15, 0.2) is 0 Å². The minimum atomic E-state index is -0.763. The van der Waals surface area contributed by atoms with Gasteiger partial charge >= 0.3 is 17.9 Å². The lowest BCUT2D eigenvalue weighted by Gasteiger charge is -2.18. The van der Waals surface area contributed by atoms with E-state index in [0.717, 1.165) is 63.7 Å². The molecule has 0 aromatic heterocycles. The maximum absolute atomic E-state index is 12.9. The molecule has 0 rings (SSSR count). The molecule has 0 saturated heterocycles. The van der Waals surface area contributed by atoms with Gasteiger partial charge in [-0.2, -0.15) is 0 Å². The van der Waals surface area contributed by atoms with Crippen LogP contribution in [0, 0.1) is 5.92 Å². The van der Waals surface area contributed by atoms with Crippen molar-refractivity contribution in [2.24, 2.45) is 5.92 Å². The van der Waals surface area contributed by atoms with Crippen molar-refractivity contribution in [1.29, 1.82) is 0 Å². The molecule has 0 heterocycles. The molecule has 0 aliphatic rings. The summed E-state index contributed by atoms with van der Waals surface area (Å²) in [7, 11) is 0. The lowest BCUT2D eigenvalue weighted by Crippen LogP contribution is -2.30. The van der Waals surface area contributed by atoms with E-state index in [1.807, 2.05) is 0 Å². The number of ether oxygens (including phenoxy) is 3. The lowest BCUT2D eigenvalue weighted by atomic mass is 9.99. The Morgan fingerprint density at radius 3 is 0.732 bits per heavy atom. The Hall–Kier alpha value is -1.59. The largest absolute Gasteiger partial charge is 0.462 e. The van der Waals surface area contributed by atoms with Crippen LogP contribution < -0.4 is 0 Å². The Kier molecular flexibility index (Phi) is 58.0. The summed E-state index contributed by atoms with van der Waals surface area (Å²) < 4.78 is 17.0. The fourth-order valence-corrected chi connectivity index (χ4v) is 10.1. The smallest absolute Gasteiger partial charge is 0.306 e. The zero-order chi connectivity index (χ0) is 51.6. The highest BCUT2D eigenvalue weighted by Crippen LogP contribution is 2.19. The molecule has 1 unspecified atom stereocenters. The van der Waals surface area contributed by atoms with E-state index in [2.05, 4.69) is 27.7 Å². The molecule has 2 atom stereocenters. The first-order valence-corrected chi connectivity index (χ1v) is 32.4. The van der Waals surface area contributed by atoms with Gasteiger partial charge in [-0.3, -0.25) is 14.4 Å². The summed E-state index contributed by atoms with van der Waals surface area (Å²) in [6, 6.07) is 0. The molecule has 0 radical (unpaired) electrons. The van der Waals surface area contributed by atoms with Gasteiger partial charge in [0.15, 0.2) is 6.10 Å². The normalized spacial score (nSPS) is 12.3. The SMILES string of the molecule is CCCCCCCCCCCCCCCCCCCCCC(=O)OC[C@H](COC(=O)CCCCCCCCCCCCCCCCC(C)CC)OC(=O)CCCCCCCCCCCCCCCCCC. The fourth-order valence-electron chi connectivity index (χ4n) is 10.1. The van der Waals surface area contributed by atoms with Crippen LogP contribution in [0.4, 0.5) is 0 Å². The van der Waals surface area contributed by atoms with Crippen LogP contribution >= 0.6 is 0 Å². The van der Waals surface area contributed by atoms with Crippen LogP contribution in [-0.4, -0.2) is 37.2 Å². The van der Waals surface area contributed by atoms with E-state index in [-0.39, 0.29) is 31.1 Å². The third-order valence-electron chi connectivity index (χ3n) is 15.4. The van der Waals surface area contributed by atoms with Crippen molar-refractivity contribution in [3.63, 3.8) is 0 Å². The number of hydrogen-bond acceptors (Lipinski definition) is 6. The molecule has 0 aromatic carbocycles. The summed E-state index contributed by atoms with van der Waals surface area (Å²) in [5.74, 6) is 0.0693. The maximum Gasteiger partial charge on any atom is 0.306 e. The van der Waals surface area contributed by atoms with Crippen molar-refractivity contribution in [1.82, 2.24) is 0 Å². The highest BCUT2D eigenvalue weighted by atomic mass is 16.6. The Bertz CT molecular complexity index is 1080. The van der Waals surface area contributed by atoms with Crippen LogP contribution in [-0.2, 0) is 28.6 Å². The predicted octanol–water partition coefficient (Wildman–Crippen LogP) is 21.7. The van der Waals surface area contributed by atoms with Crippen molar-refractivity contribution in [3.8, 4) is 0 Å². The minimum Gasteiger partial charge on any atom is -0.462 e. The van der Waals surface area contributed by atoms with Crippen LogP contribution in [0.5, 0.6) is 0 Å². The average molecular weight is 1000 g/mol. The number of carbonyl (C=O) groups is 3. The van der Waals surface area contributed by atoms with Gasteiger partial charge in [-0.15, -0.1) is 0 Å².